The highest BCUT2D eigenvalue weighted by Crippen LogP contribution is 2.20. The van der Waals surface area contributed by atoms with E-state index in [1.54, 1.807) is 0 Å². The van der Waals surface area contributed by atoms with Crippen LogP contribution in [-0.2, 0) is 9.53 Å². The maximum Gasteiger partial charge on any atom is 0.308 e. The Kier molecular flexibility index (Phi) is 9.85. The summed E-state index contributed by atoms with van der Waals surface area (Å²) in [5.74, 6) is 1.33. The average molecular weight is 459 g/mol. The molecule has 1 fully saturated rings. The third-order valence-corrected chi connectivity index (χ3v) is 4.81. The Morgan fingerprint density at radius 3 is 2.48 bits per heavy atom. The number of halogens is 1. The molecule has 1 unspecified atom stereocenters. The lowest BCUT2D eigenvalue weighted by Gasteiger charge is -2.33. The van der Waals surface area contributed by atoms with E-state index in [2.05, 4.69) is 46.4 Å². The van der Waals surface area contributed by atoms with Crippen molar-refractivity contribution in [1.29, 1.82) is 0 Å². The van der Waals surface area contributed by atoms with Gasteiger partial charge in [-0.3, -0.25) is 9.79 Å². The maximum absolute atomic E-state index is 11.6. The van der Waals surface area contributed by atoms with Gasteiger partial charge in [0.05, 0.1) is 13.0 Å². The zero-order valence-electron chi connectivity index (χ0n) is 15.4. The summed E-state index contributed by atoms with van der Waals surface area (Å²) < 4.78 is 4.85. The van der Waals surface area contributed by atoms with Crippen molar-refractivity contribution in [2.45, 2.75) is 32.1 Å². The van der Waals surface area contributed by atoms with Gasteiger partial charge in [0, 0.05) is 32.6 Å². The zero-order valence-corrected chi connectivity index (χ0v) is 17.7. The summed E-state index contributed by atoms with van der Waals surface area (Å²) in [6.45, 7) is 4.75. The maximum atomic E-state index is 11.6. The monoisotopic (exact) mass is 459 g/mol. The van der Waals surface area contributed by atoms with Crippen LogP contribution in [0.2, 0.25) is 0 Å². The van der Waals surface area contributed by atoms with E-state index in [0.29, 0.717) is 5.92 Å². The number of guanidine groups is 1. The van der Waals surface area contributed by atoms with Crippen molar-refractivity contribution in [2.24, 2.45) is 10.9 Å². The molecular weight excluding hydrogens is 429 g/mol. The van der Waals surface area contributed by atoms with E-state index in [0.717, 1.165) is 44.9 Å². The average Bonchev–Trinajstić information content (AvgIpc) is 2.66. The lowest BCUT2D eigenvalue weighted by atomic mass is 9.96. The van der Waals surface area contributed by atoms with Crippen molar-refractivity contribution in [3.05, 3.63) is 35.9 Å². The number of esters is 1. The number of likely N-dealkylation sites (tertiary alicyclic amines) is 1. The fourth-order valence-electron chi connectivity index (χ4n) is 3.26. The number of aliphatic imine (C=N–C) groups is 1. The van der Waals surface area contributed by atoms with E-state index in [9.17, 15) is 4.79 Å². The first-order chi connectivity index (χ1) is 11.7. The Hall–Kier alpha value is -1.31. The third-order valence-electron chi connectivity index (χ3n) is 4.81. The number of nitrogens with one attached hydrogen (secondary N) is 1. The molecule has 0 bridgehead atoms. The summed E-state index contributed by atoms with van der Waals surface area (Å²) in [7, 11) is 3.28. The highest BCUT2D eigenvalue weighted by atomic mass is 127. The van der Waals surface area contributed by atoms with E-state index < -0.39 is 0 Å². The van der Waals surface area contributed by atoms with Crippen molar-refractivity contribution in [2.75, 3.05) is 33.8 Å². The van der Waals surface area contributed by atoms with Gasteiger partial charge in [-0.25, -0.2) is 0 Å². The minimum absolute atomic E-state index is 0. The molecule has 2 rings (SSSR count). The number of hydrogen-bond acceptors (Lipinski definition) is 3. The first kappa shape index (κ1) is 21.7. The Labute approximate surface area is 168 Å². The Balaban J connectivity index is 0.00000312. The van der Waals surface area contributed by atoms with Crippen molar-refractivity contribution in [3.8, 4) is 0 Å². The molecule has 1 aliphatic heterocycles. The van der Waals surface area contributed by atoms with E-state index in [1.165, 1.54) is 12.7 Å². The number of ether oxygens (including phenoxy) is 1. The van der Waals surface area contributed by atoms with E-state index in [4.69, 9.17) is 4.74 Å². The molecule has 0 saturated carbocycles. The molecule has 0 amide bonds. The molecule has 1 aromatic carbocycles. The summed E-state index contributed by atoms with van der Waals surface area (Å²) in [4.78, 5) is 18.3. The fraction of sp³-hybridized carbons (Fsp3) is 0.579. The van der Waals surface area contributed by atoms with Crippen LogP contribution in [-0.4, -0.2) is 50.6 Å². The van der Waals surface area contributed by atoms with Gasteiger partial charge in [0.2, 0.25) is 0 Å². The first-order valence-corrected chi connectivity index (χ1v) is 8.78. The molecular formula is C19H30IN3O2. The van der Waals surface area contributed by atoms with Gasteiger partial charge in [0.15, 0.2) is 5.96 Å². The molecule has 1 saturated heterocycles. The van der Waals surface area contributed by atoms with Crippen molar-refractivity contribution < 1.29 is 9.53 Å². The highest BCUT2D eigenvalue weighted by Gasteiger charge is 2.27. The Bertz CT molecular complexity index is 543. The van der Waals surface area contributed by atoms with E-state index in [-0.39, 0.29) is 35.9 Å². The summed E-state index contributed by atoms with van der Waals surface area (Å²) in [6.07, 6.45) is 2.73. The quantitative estimate of drug-likeness (QED) is 0.318. The fourth-order valence-corrected chi connectivity index (χ4v) is 3.26. The second-order valence-electron chi connectivity index (χ2n) is 6.23. The van der Waals surface area contributed by atoms with Crippen LogP contribution >= 0.6 is 24.0 Å². The lowest BCUT2D eigenvalue weighted by molar-refractivity contribution is -0.146. The van der Waals surface area contributed by atoms with Crippen molar-refractivity contribution in [3.63, 3.8) is 0 Å². The number of methoxy groups -OCH3 is 1. The minimum atomic E-state index is -0.0901. The normalized spacial score (nSPS) is 16.8. The number of hydrogen-bond donors (Lipinski definition) is 1. The zero-order chi connectivity index (χ0) is 17.4. The lowest BCUT2D eigenvalue weighted by Crippen LogP contribution is -2.47. The molecule has 1 aromatic rings. The first-order valence-electron chi connectivity index (χ1n) is 8.78. The molecule has 0 spiro atoms. The summed E-state index contributed by atoms with van der Waals surface area (Å²) in [5.41, 5.74) is 1.35. The summed E-state index contributed by atoms with van der Waals surface area (Å²) in [6, 6.07) is 10.6. The van der Waals surface area contributed by atoms with Gasteiger partial charge in [-0.15, -0.1) is 24.0 Å². The van der Waals surface area contributed by atoms with E-state index >= 15 is 0 Å². The van der Waals surface area contributed by atoms with Crippen LogP contribution in [0, 0.1) is 5.92 Å². The van der Waals surface area contributed by atoms with Crippen molar-refractivity contribution >= 4 is 35.9 Å². The molecule has 1 aliphatic rings. The largest absolute Gasteiger partial charge is 0.469 e. The van der Waals surface area contributed by atoms with Crippen LogP contribution in [0.25, 0.3) is 0 Å². The van der Waals surface area contributed by atoms with Gasteiger partial charge < -0.3 is 15.0 Å². The molecule has 25 heavy (non-hydrogen) atoms. The van der Waals surface area contributed by atoms with Crippen LogP contribution in [0.5, 0.6) is 0 Å². The molecule has 1 heterocycles. The second kappa shape index (κ2) is 11.3. The predicted molar refractivity (Wildman–Crippen MR) is 113 cm³/mol. The van der Waals surface area contributed by atoms with Gasteiger partial charge in [0.25, 0.3) is 0 Å². The third kappa shape index (κ3) is 6.17. The van der Waals surface area contributed by atoms with Crippen LogP contribution in [0.1, 0.15) is 37.7 Å². The van der Waals surface area contributed by atoms with Gasteiger partial charge in [-0.05, 0) is 24.8 Å². The van der Waals surface area contributed by atoms with E-state index in [1.807, 2.05) is 13.1 Å². The molecule has 6 heteroatoms. The summed E-state index contributed by atoms with van der Waals surface area (Å²) in [5, 5.41) is 3.51. The van der Waals surface area contributed by atoms with Gasteiger partial charge >= 0.3 is 5.97 Å². The Morgan fingerprint density at radius 2 is 1.96 bits per heavy atom. The van der Waals surface area contributed by atoms with Crippen LogP contribution in [0.3, 0.4) is 0 Å². The SMILES string of the molecule is CCC(CNC(=NC)N1CCC(C(=O)OC)CC1)c1ccccc1.I. The van der Waals surface area contributed by atoms with Gasteiger partial charge in [-0.2, -0.15) is 0 Å². The molecule has 5 nitrogen and oxygen atoms in total. The smallest absolute Gasteiger partial charge is 0.308 e. The van der Waals surface area contributed by atoms with Crippen LogP contribution in [0.15, 0.2) is 35.3 Å². The Morgan fingerprint density at radius 1 is 1.32 bits per heavy atom. The summed E-state index contributed by atoms with van der Waals surface area (Å²) >= 11 is 0. The molecule has 0 aliphatic carbocycles. The second-order valence-corrected chi connectivity index (χ2v) is 6.23. The molecule has 1 N–H and O–H groups in total. The molecule has 0 radical (unpaired) electrons. The topological polar surface area (TPSA) is 53.9 Å². The molecule has 0 aromatic heterocycles. The standard InChI is InChI=1S/C19H29N3O2.HI/c1-4-15(16-8-6-5-7-9-16)14-21-19(20-2)22-12-10-17(11-13-22)18(23)24-3;/h5-9,15,17H,4,10-14H2,1-3H3,(H,20,21);1H. The minimum Gasteiger partial charge on any atom is -0.469 e. The van der Waals surface area contributed by atoms with Gasteiger partial charge in [-0.1, -0.05) is 37.3 Å². The van der Waals surface area contributed by atoms with Crippen LogP contribution < -0.4 is 5.32 Å². The number of rotatable bonds is 5. The number of carbonyl (C=O) groups is 1. The molecule has 140 valence electrons. The van der Waals surface area contributed by atoms with Gasteiger partial charge in [0.1, 0.15) is 0 Å². The van der Waals surface area contributed by atoms with Crippen LogP contribution in [0.4, 0.5) is 0 Å². The predicted octanol–water partition coefficient (Wildman–Crippen LogP) is 3.26. The highest BCUT2D eigenvalue weighted by molar-refractivity contribution is 14.0. The molecule has 1 atom stereocenters. The van der Waals surface area contributed by atoms with Crippen molar-refractivity contribution in [1.82, 2.24) is 10.2 Å². The number of piperidine rings is 1. The number of benzene rings is 1. The number of carbonyl (C=O) groups excluding carboxylic acids is 1. The number of nitrogens with zero attached hydrogens (tertiary/aromatic N) is 2.